The number of nitrogens with one attached hydrogen (secondary N) is 1. The van der Waals surface area contributed by atoms with Gasteiger partial charge in [-0.1, -0.05) is 6.07 Å². The van der Waals surface area contributed by atoms with Crippen LogP contribution < -0.4 is 5.32 Å². The van der Waals surface area contributed by atoms with E-state index >= 15 is 0 Å². The van der Waals surface area contributed by atoms with Gasteiger partial charge in [0.1, 0.15) is 17.3 Å². The Morgan fingerprint density at radius 1 is 1.08 bits per heavy atom. The van der Waals surface area contributed by atoms with Crippen molar-refractivity contribution in [3.8, 4) is 11.3 Å². The first kappa shape index (κ1) is 15.0. The molecule has 0 aliphatic rings. The Morgan fingerprint density at radius 3 is 2.80 bits per heavy atom. The second kappa shape index (κ2) is 6.16. The minimum Gasteiger partial charge on any atom is -0.325 e. The number of carbonyl (C=O) groups is 1. The molecule has 6 nitrogen and oxygen atoms in total. The second-order valence-electron chi connectivity index (χ2n) is 5.62. The van der Waals surface area contributed by atoms with Gasteiger partial charge in [-0.25, -0.2) is 15.0 Å². The lowest BCUT2D eigenvalue weighted by Crippen LogP contribution is -1.97. The summed E-state index contributed by atoms with van der Waals surface area (Å²) in [5, 5.41) is 3.16. The number of hydrogen-bond acceptors (Lipinski definition) is 5. The summed E-state index contributed by atoms with van der Waals surface area (Å²) in [4.78, 5) is 23.9. The summed E-state index contributed by atoms with van der Waals surface area (Å²) in [5.41, 5.74) is 4.45. The van der Waals surface area contributed by atoms with Crippen molar-refractivity contribution in [3.63, 3.8) is 0 Å². The number of pyridine rings is 3. The molecular weight excluding hydrogens is 314 g/mol. The number of imidazole rings is 1. The third-order valence-corrected chi connectivity index (χ3v) is 3.92. The van der Waals surface area contributed by atoms with Gasteiger partial charge in [0.25, 0.3) is 0 Å². The van der Waals surface area contributed by atoms with Gasteiger partial charge in [-0.3, -0.25) is 9.20 Å². The molecule has 4 rings (SSSR count). The molecule has 4 aromatic heterocycles. The zero-order valence-corrected chi connectivity index (χ0v) is 13.5. The Kier molecular flexibility index (Phi) is 3.70. The first-order valence-corrected chi connectivity index (χ1v) is 7.83. The number of fused-ring (bicyclic) bond motifs is 1. The van der Waals surface area contributed by atoms with Crippen molar-refractivity contribution in [2.75, 3.05) is 5.32 Å². The van der Waals surface area contributed by atoms with E-state index in [4.69, 9.17) is 0 Å². The van der Waals surface area contributed by atoms with Crippen molar-refractivity contribution in [2.24, 2.45) is 0 Å². The number of aryl methyl sites for hydroxylation is 1. The first-order chi connectivity index (χ1) is 12.2. The standard InChI is InChI=1S/C19H15N5O/c1-13-19(24-9-3-2-4-18(24)22-13)15-7-8-20-17(10-15)23-16-6-5-14(12-25)11-21-16/h2-12H,1H3,(H,20,21,23). The van der Waals surface area contributed by atoms with Gasteiger partial charge >= 0.3 is 0 Å². The Hall–Kier alpha value is -3.54. The molecule has 25 heavy (non-hydrogen) atoms. The zero-order chi connectivity index (χ0) is 17.2. The van der Waals surface area contributed by atoms with Gasteiger partial charge < -0.3 is 5.32 Å². The Balaban J connectivity index is 1.71. The number of anilines is 2. The third kappa shape index (κ3) is 2.85. The molecule has 0 saturated heterocycles. The van der Waals surface area contributed by atoms with E-state index in [1.807, 2.05) is 43.5 Å². The predicted molar refractivity (Wildman–Crippen MR) is 96.1 cm³/mol. The average Bonchev–Trinajstić information content (AvgIpc) is 2.98. The topological polar surface area (TPSA) is 72.2 Å². The summed E-state index contributed by atoms with van der Waals surface area (Å²) in [6, 6.07) is 13.3. The molecule has 122 valence electrons. The quantitative estimate of drug-likeness (QED) is 0.579. The minimum absolute atomic E-state index is 0.536. The minimum atomic E-state index is 0.536. The van der Waals surface area contributed by atoms with Gasteiger partial charge in [-0.15, -0.1) is 0 Å². The van der Waals surface area contributed by atoms with Crippen LogP contribution in [0.1, 0.15) is 16.1 Å². The monoisotopic (exact) mass is 329 g/mol. The first-order valence-electron chi connectivity index (χ1n) is 7.83. The molecule has 0 saturated carbocycles. The van der Waals surface area contributed by atoms with Crippen molar-refractivity contribution >= 4 is 23.6 Å². The Bertz CT molecular complexity index is 1050. The molecule has 0 spiro atoms. The van der Waals surface area contributed by atoms with E-state index < -0.39 is 0 Å². The van der Waals surface area contributed by atoms with Crippen LogP contribution in [-0.4, -0.2) is 25.6 Å². The highest BCUT2D eigenvalue weighted by molar-refractivity contribution is 5.75. The zero-order valence-electron chi connectivity index (χ0n) is 13.5. The van der Waals surface area contributed by atoms with E-state index in [0.29, 0.717) is 17.2 Å². The highest BCUT2D eigenvalue weighted by atomic mass is 16.1. The van der Waals surface area contributed by atoms with E-state index in [0.717, 1.165) is 28.9 Å². The number of aromatic nitrogens is 4. The van der Waals surface area contributed by atoms with Crippen molar-refractivity contribution in [2.45, 2.75) is 6.92 Å². The molecule has 0 atom stereocenters. The summed E-state index contributed by atoms with van der Waals surface area (Å²) in [5.74, 6) is 1.30. The molecule has 0 aromatic carbocycles. The smallest absolute Gasteiger partial charge is 0.151 e. The van der Waals surface area contributed by atoms with Crippen molar-refractivity contribution in [3.05, 3.63) is 72.3 Å². The van der Waals surface area contributed by atoms with Crippen molar-refractivity contribution in [1.29, 1.82) is 0 Å². The van der Waals surface area contributed by atoms with Crippen LogP contribution in [-0.2, 0) is 0 Å². The summed E-state index contributed by atoms with van der Waals surface area (Å²) in [7, 11) is 0. The average molecular weight is 329 g/mol. The van der Waals surface area contributed by atoms with Crippen LogP contribution in [0.5, 0.6) is 0 Å². The third-order valence-electron chi connectivity index (χ3n) is 3.92. The van der Waals surface area contributed by atoms with E-state index in [1.165, 1.54) is 6.20 Å². The normalized spacial score (nSPS) is 10.8. The fraction of sp³-hybridized carbons (Fsp3) is 0.0526. The molecule has 0 amide bonds. The summed E-state index contributed by atoms with van der Waals surface area (Å²) >= 11 is 0. The summed E-state index contributed by atoms with van der Waals surface area (Å²) < 4.78 is 2.06. The van der Waals surface area contributed by atoms with Crippen LogP contribution >= 0.6 is 0 Å². The van der Waals surface area contributed by atoms with Crippen LogP contribution in [0.2, 0.25) is 0 Å². The SMILES string of the molecule is Cc1nc2ccccn2c1-c1ccnc(Nc2ccc(C=O)cn2)c1. The molecule has 0 aliphatic carbocycles. The maximum atomic E-state index is 10.7. The Morgan fingerprint density at radius 2 is 2.00 bits per heavy atom. The maximum Gasteiger partial charge on any atom is 0.151 e. The molecule has 4 aromatic rings. The largest absolute Gasteiger partial charge is 0.325 e. The summed E-state index contributed by atoms with van der Waals surface area (Å²) in [6.45, 7) is 2.00. The lowest BCUT2D eigenvalue weighted by atomic mass is 10.1. The van der Waals surface area contributed by atoms with E-state index in [-0.39, 0.29) is 0 Å². The number of nitrogens with zero attached hydrogens (tertiary/aromatic N) is 4. The highest BCUT2D eigenvalue weighted by Crippen LogP contribution is 2.26. The van der Waals surface area contributed by atoms with Crippen LogP contribution in [0.3, 0.4) is 0 Å². The van der Waals surface area contributed by atoms with Gasteiger partial charge in [0.2, 0.25) is 0 Å². The molecule has 0 radical (unpaired) electrons. The highest BCUT2D eigenvalue weighted by Gasteiger charge is 2.11. The van der Waals surface area contributed by atoms with Gasteiger partial charge in [0.15, 0.2) is 6.29 Å². The van der Waals surface area contributed by atoms with Crippen LogP contribution in [0.25, 0.3) is 16.9 Å². The van der Waals surface area contributed by atoms with E-state index in [9.17, 15) is 4.79 Å². The molecule has 0 fully saturated rings. The van der Waals surface area contributed by atoms with Gasteiger partial charge in [-0.2, -0.15) is 0 Å². The van der Waals surface area contributed by atoms with E-state index in [2.05, 4.69) is 24.7 Å². The lowest BCUT2D eigenvalue weighted by Gasteiger charge is -2.08. The number of aldehydes is 1. The van der Waals surface area contributed by atoms with Gasteiger partial charge in [0.05, 0.1) is 11.4 Å². The molecule has 6 heteroatoms. The fourth-order valence-electron chi connectivity index (χ4n) is 2.79. The summed E-state index contributed by atoms with van der Waals surface area (Å²) in [6.07, 6.45) is 6.04. The molecule has 4 heterocycles. The Labute approximate surface area is 144 Å². The lowest BCUT2D eigenvalue weighted by molar-refractivity contribution is 0.112. The number of hydrogen-bond donors (Lipinski definition) is 1. The van der Waals surface area contributed by atoms with Crippen molar-refractivity contribution in [1.82, 2.24) is 19.4 Å². The number of rotatable bonds is 4. The van der Waals surface area contributed by atoms with Crippen LogP contribution in [0.15, 0.2) is 61.1 Å². The molecule has 1 N–H and O–H groups in total. The molecule has 0 aliphatic heterocycles. The van der Waals surface area contributed by atoms with Crippen molar-refractivity contribution < 1.29 is 4.79 Å². The molecular formula is C19H15N5O. The maximum absolute atomic E-state index is 10.7. The van der Waals surface area contributed by atoms with Gasteiger partial charge in [-0.05, 0) is 43.3 Å². The molecule has 0 unspecified atom stereocenters. The fourth-order valence-corrected chi connectivity index (χ4v) is 2.79. The van der Waals surface area contributed by atoms with E-state index in [1.54, 1.807) is 18.3 Å². The van der Waals surface area contributed by atoms with Crippen LogP contribution in [0, 0.1) is 6.92 Å². The molecule has 0 bridgehead atoms. The predicted octanol–water partition coefficient (Wildman–Crippen LogP) is 3.66. The van der Waals surface area contributed by atoms with Crippen LogP contribution in [0.4, 0.5) is 11.6 Å². The van der Waals surface area contributed by atoms with Gasteiger partial charge in [0, 0.05) is 29.7 Å². The number of carbonyl (C=O) groups excluding carboxylic acids is 1. The second-order valence-corrected chi connectivity index (χ2v) is 5.62.